The molecule has 6 nitrogen and oxygen atoms in total. The molecule has 6 heteroatoms. The Kier molecular flexibility index (Phi) is 3.98. The van der Waals surface area contributed by atoms with E-state index in [0.717, 1.165) is 25.3 Å². The molecule has 0 saturated carbocycles. The molecule has 0 unspecified atom stereocenters. The maximum absolute atomic E-state index is 13.3. The van der Waals surface area contributed by atoms with E-state index in [9.17, 15) is 4.79 Å². The summed E-state index contributed by atoms with van der Waals surface area (Å²) in [6.45, 7) is 2.67. The van der Waals surface area contributed by atoms with Crippen LogP contribution in [-0.2, 0) is 0 Å². The van der Waals surface area contributed by atoms with Gasteiger partial charge in [-0.2, -0.15) is 0 Å². The van der Waals surface area contributed by atoms with E-state index >= 15 is 0 Å². The minimum absolute atomic E-state index is 0.0413. The molecule has 5 rings (SSSR count). The molecule has 3 heterocycles. The summed E-state index contributed by atoms with van der Waals surface area (Å²) in [7, 11) is 0. The first-order chi connectivity index (χ1) is 13.3. The van der Waals surface area contributed by atoms with Crippen LogP contribution in [0.15, 0.2) is 66.9 Å². The number of carbonyl (C=O) groups excluding carboxylic acids is 1. The summed E-state index contributed by atoms with van der Waals surface area (Å²) in [6, 6.07) is 20.1. The average Bonchev–Trinajstić information content (AvgIpc) is 3.44. The Hall–Kier alpha value is -2.99. The van der Waals surface area contributed by atoms with Crippen LogP contribution in [0.3, 0.4) is 0 Å². The molecule has 1 amide bonds. The normalized spacial score (nSPS) is 24.1. The van der Waals surface area contributed by atoms with Crippen LogP contribution in [0.4, 0.5) is 0 Å². The highest BCUT2D eigenvalue weighted by atomic mass is 16.2. The Morgan fingerprint density at radius 1 is 1.00 bits per heavy atom. The second kappa shape index (κ2) is 6.63. The van der Waals surface area contributed by atoms with Gasteiger partial charge >= 0.3 is 0 Å². The van der Waals surface area contributed by atoms with Gasteiger partial charge in [0.2, 0.25) is 0 Å². The molecule has 2 saturated heterocycles. The van der Waals surface area contributed by atoms with E-state index in [-0.39, 0.29) is 11.9 Å². The first-order valence-corrected chi connectivity index (χ1v) is 9.35. The zero-order chi connectivity index (χ0) is 18.2. The van der Waals surface area contributed by atoms with Crippen molar-refractivity contribution in [1.29, 1.82) is 0 Å². The Bertz CT molecular complexity index is 939. The Labute approximate surface area is 157 Å². The van der Waals surface area contributed by atoms with Crippen LogP contribution in [-0.4, -0.2) is 45.4 Å². The van der Waals surface area contributed by atoms with Crippen molar-refractivity contribution in [3.63, 3.8) is 0 Å². The monoisotopic (exact) mass is 359 g/mol. The number of nitrogens with zero attached hydrogens (tertiary/aromatic N) is 4. The maximum Gasteiger partial charge on any atom is 0.276 e. The SMILES string of the molecule is O=C(c1cn(-c2ccccc2)nn1)N1C[C@@H]2CNC[C@@H]2[C@@H]1c1ccccc1. The topological polar surface area (TPSA) is 63.1 Å². The van der Waals surface area contributed by atoms with Crippen LogP contribution in [0.25, 0.3) is 5.69 Å². The van der Waals surface area contributed by atoms with Crippen molar-refractivity contribution >= 4 is 5.91 Å². The molecule has 2 aliphatic heterocycles. The molecule has 0 radical (unpaired) electrons. The van der Waals surface area contributed by atoms with Gasteiger partial charge in [-0.25, -0.2) is 4.68 Å². The van der Waals surface area contributed by atoms with Crippen LogP contribution >= 0.6 is 0 Å². The van der Waals surface area contributed by atoms with Gasteiger partial charge in [-0.15, -0.1) is 5.10 Å². The van der Waals surface area contributed by atoms with Crippen LogP contribution in [0, 0.1) is 11.8 Å². The number of hydrogen-bond donors (Lipinski definition) is 1. The molecule has 3 atom stereocenters. The minimum atomic E-state index is -0.0413. The van der Waals surface area contributed by atoms with Crippen molar-refractivity contribution in [2.45, 2.75) is 6.04 Å². The molecule has 0 spiro atoms. The van der Waals surface area contributed by atoms with Crippen LogP contribution in [0.1, 0.15) is 22.1 Å². The van der Waals surface area contributed by atoms with Gasteiger partial charge in [0.1, 0.15) is 0 Å². The molecule has 27 heavy (non-hydrogen) atoms. The number of para-hydroxylation sites is 1. The van der Waals surface area contributed by atoms with Crippen molar-refractivity contribution in [3.05, 3.63) is 78.1 Å². The van der Waals surface area contributed by atoms with Gasteiger partial charge in [-0.3, -0.25) is 4.79 Å². The Morgan fingerprint density at radius 2 is 1.74 bits per heavy atom. The molecule has 3 aromatic rings. The third kappa shape index (κ3) is 2.82. The number of fused-ring (bicyclic) bond motifs is 1. The summed E-state index contributed by atoms with van der Waals surface area (Å²) in [5, 5.41) is 11.8. The molecule has 1 N–H and O–H groups in total. The summed E-state index contributed by atoms with van der Waals surface area (Å²) >= 11 is 0. The van der Waals surface area contributed by atoms with Crippen molar-refractivity contribution < 1.29 is 4.79 Å². The largest absolute Gasteiger partial charge is 0.329 e. The number of aromatic nitrogens is 3. The van der Waals surface area contributed by atoms with Crippen LogP contribution in [0.2, 0.25) is 0 Å². The number of benzene rings is 2. The van der Waals surface area contributed by atoms with Gasteiger partial charge in [0, 0.05) is 25.6 Å². The predicted octanol–water partition coefficient (Wildman–Crippen LogP) is 2.30. The summed E-state index contributed by atoms with van der Waals surface area (Å²) in [5.41, 5.74) is 2.48. The fraction of sp³-hybridized carbons (Fsp3) is 0.286. The smallest absolute Gasteiger partial charge is 0.276 e. The van der Waals surface area contributed by atoms with Gasteiger partial charge in [-0.1, -0.05) is 53.7 Å². The second-order valence-electron chi connectivity index (χ2n) is 7.28. The molecule has 2 aromatic carbocycles. The third-order valence-corrected chi connectivity index (χ3v) is 5.70. The molecule has 2 fully saturated rings. The van der Waals surface area contributed by atoms with E-state index < -0.39 is 0 Å². The zero-order valence-electron chi connectivity index (χ0n) is 14.9. The molecule has 2 aliphatic rings. The Balaban J connectivity index is 1.46. The quantitative estimate of drug-likeness (QED) is 0.779. The number of likely N-dealkylation sites (tertiary alicyclic amines) is 1. The highest BCUT2D eigenvalue weighted by molar-refractivity contribution is 5.92. The summed E-state index contributed by atoms with van der Waals surface area (Å²) in [5.74, 6) is 0.893. The van der Waals surface area contributed by atoms with E-state index in [1.54, 1.807) is 10.9 Å². The first-order valence-electron chi connectivity index (χ1n) is 9.35. The highest BCUT2D eigenvalue weighted by Gasteiger charge is 2.47. The van der Waals surface area contributed by atoms with E-state index in [1.807, 2.05) is 53.4 Å². The van der Waals surface area contributed by atoms with Gasteiger partial charge in [0.05, 0.1) is 17.9 Å². The molecule has 1 aromatic heterocycles. The number of hydrogen-bond acceptors (Lipinski definition) is 4. The number of nitrogens with one attached hydrogen (secondary N) is 1. The maximum atomic E-state index is 13.3. The fourth-order valence-corrected chi connectivity index (χ4v) is 4.42. The third-order valence-electron chi connectivity index (χ3n) is 5.70. The first kappa shape index (κ1) is 16.2. The van der Waals surface area contributed by atoms with E-state index in [1.165, 1.54) is 5.56 Å². The zero-order valence-corrected chi connectivity index (χ0v) is 14.9. The van der Waals surface area contributed by atoms with Gasteiger partial charge < -0.3 is 10.2 Å². The number of amides is 1. The van der Waals surface area contributed by atoms with Crippen molar-refractivity contribution in [2.75, 3.05) is 19.6 Å². The standard InChI is InChI=1S/C21H21N5O/c27-21(19-14-26(24-23-19)17-9-5-2-6-10-17)25-13-16-11-22-12-18(16)20(25)15-7-3-1-4-8-15/h1-10,14,16,18,20,22H,11-13H2/t16-,18-,20-/m0/s1. The molecular weight excluding hydrogens is 338 g/mol. The lowest BCUT2D eigenvalue weighted by molar-refractivity contribution is 0.0708. The van der Waals surface area contributed by atoms with Crippen molar-refractivity contribution in [3.8, 4) is 5.69 Å². The molecule has 0 aliphatic carbocycles. The Morgan fingerprint density at radius 3 is 2.52 bits per heavy atom. The van der Waals surface area contributed by atoms with Crippen LogP contribution in [0.5, 0.6) is 0 Å². The fourth-order valence-electron chi connectivity index (χ4n) is 4.42. The minimum Gasteiger partial charge on any atom is -0.329 e. The summed E-state index contributed by atoms with van der Waals surface area (Å²) < 4.78 is 1.66. The van der Waals surface area contributed by atoms with Gasteiger partial charge in [-0.05, 0) is 23.6 Å². The lowest BCUT2D eigenvalue weighted by atomic mass is 9.89. The van der Waals surface area contributed by atoms with Crippen molar-refractivity contribution in [1.82, 2.24) is 25.2 Å². The summed E-state index contributed by atoms with van der Waals surface area (Å²) in [4.78, 5) is 15.3. The molecule has 0 bridgehead atoms. The number of carbonyl (C=O) groups is 1. The molecular formula is C21H21N5O. The van der Waals surface area contributed by atoms with Crippen molar-refractivity contribution in [2.24, 2.45) is 11.8 Å². The summed E-state index contributed by atoms with van der Waals surface area (Å²) in [6.07, 6.45) is 1.73. The highest BCUT2D eigenvalue weighted by Crippen LogP contribution is 2.43. The number of rotatable bonds is 3. The second-order valence-corrected chi connectivity index (χ2v) is 7.28. The predicted molar refractivity (Wildman–Crippen MR) is 101 cm³/mol. The molecule has 136 valence electrons. The van der Waals surface area contributed by atoms with Gasteiger partial charge in [0.25, 0.3) is 5.91 Å². The van der Waals surface area contributed by atoms with E-state index in [0.29, 0.717) is 17.5 Å². The van der Waals surface area contributed by atoms with Crippen LogP contribution < -0.4 is 5.32 Å². The lowest BCUT2D eigenvalue weighted by Crippen LogP contribution is -2.34. The lowest BCUT2D eigenvalue weighted by Gasteiger charge is -2.27. The average molecular weight is 359 g/mol. The van der Waals surface area contributed by atoms with E-state index in [4.69, 9.17) is 0 Å². The van der Waals surface area contributed by atoms with E-state index in [2.05, 4.69) is 27.8 Å². The van der Waals surface area contributed by atoms with Gasteiger partial charge in [0.15, 0.2) is 5.69 Å².